The van der Waals surface area contributed by atoms with E-state index in [0.717, 1.165) is 44.8 Å². The van der Waals surface area contributed by atoms with Crippen LogP contribution in [0.5, 0.6) is 0 Å². The highest BCUT2D eigenvalue weighted by Crippen LogP contribution is 2.20. The number of rotatable bonds is 2. The number of anilines is 1. The molecule has 1 aromatic rings. The van der Waals surface area contributed by atoms with E-state index in [4.69, 9.17) is 0 Å². The first-order valence-corrected chi connectivity index (χ1v) is 8.03. The number of aromatic nitrogens is 1. The quantitative estimate of drug-likeness (QED) is 0.713. The fourth-order valence-electron chi connectivity index (χ4n) is 3.65. The average Bonchev–Trinajstić information content (AvgIpc) is 2.95. The molecule has 0 spiro atoms. The fraction of sp³-hybridized carbons (Fsp3) is 0.600. The van der Waals surface area contributed by atoms with Crippen molar-refractivity contribution < 1.29 is 4.79 Å². The molecule has 2 amide bonds. The Morgan fingerprint density at radius 1 is 1.09 bits per heavy atom. The number of carbonyl (C=O) groups excluding carboxylic acids is 1. The average molecular weight is 302 g/mol. The summed E-state index contributed by atoms with van der Waals surface area (Å²) >= 11 is 0. The number of piperidine rings is 1. The molecule has 3 saturated heterocycles. The van der Waals surface area contributed by atoms with Gasteiger partial charge in [0.15, 0.2) is 0 Å². The number of piperazine rings is 1. The van der Waals surface area contributed by atoms with Gasteiger partial charge in [-0.25, -0.2) is 9.78 Å². The lowest BCUT2D eigenvalue weighted by atomic mass is 10.0. The van der Waals surface area contributed by atoms with E-state index in [1.807, 2.05) is 18.3 Å². The molecule has 3 aliphatic rings. The Balaban J connectivity index is 1.33. The summed E-state index contributed by atoms with van der Waals surface area (Å²) in [5, 5.41) is 9.48. The number of nitrogens with one attached hydrogen (secondary N) is 3. The molecule has 0 aromatic carbocycles. The molecule has 0 bridgehead atoms. The second-order valence-corrected chi connectivity index (χ2v) is 6.17. The van der Waals surface area contributed by atoms with Gasteiger partial charge in [0.2, 0.25) is 0 Å². The van der Waals surface area contributed by atoms with E-state index in [9.17, 15) is 4.79 Å². The molecule has 1 aromatic heterocycles. The number of hydrogen-bond donors (Lipinski definition) is 3. The number of carbonyl (C=O) groups is 1. The second kappa shape index (κ2) is 5.73. The number of amides is 2. The topological polar surface area (TPSA) is 72.5 Å². The normalized spacial score (nSPS) is 32.3. The molecule has 3 unspecified atom stereocenters. The predicted molar refractivity (Wildman–Crippen MR) is 83.4 cm³/mol. The summed E-state index contributed by atoms with van der Waals surface area (Å²) in [5.74, 6) is 1.06. The molecule has 0 saturated carbocycles. The van der Waals surface area contributed by atoms with Crippen LogP contribution in [-0.4, -0.2) is 60.5 Å². The van der Waals surface area contributed by atoms with Crippen molar-refractivity contribution in [3.63, 3.8) is 0 Å². The van der Waals surface area contributed by atoms with E-state index in [1.54, 1.807) is 0 Å². The van der Waals surface area contributed by atoms with Crippen molar-refractivity contribution in [1.29, 1.82) is 0 Å². The first kappa shape index (κ1) is 13.8. The lowest BCUT2D eigenvalue weighted by Crippen LogP contribution is -2.63. The molecule has 3 fully saturated rings. The van der Waals surface area contributed by atoms with Gasteiger partial charge in [0, 0.05) is 32.4 Å². The Labute approximate surface area is 130 Å². The van der Waals surface area contributed by atoms with Crippen LogP contribution in [0.3, 0.4) is 0 Å². The summed E-state index contributed by atoms with van der Waals surface area (Å²) in [5.41, 5.74) is 0. The summed E-state index contributed by atoms with van der Waals surface area (Å²) in [4.78, 5) is 20.7. The number of fused-ring (bicyclic) bond motifs is 1. The highest BCUT2D eigenvalue weighted by atomic mass is 16.2. The van der Waals surface area contributed by atoms with Crippen LogP contribution in [0, 0.1) is 0 Å². The zero-order valence-electron chi connectivity index (χ0n) is 12.5. The molecule has 22 heavy (non-hydrogen) atoms. The van der Waals surface area contributed by atoms with Crippen LogP contribution in [0.1, 0.15) is 12.8 Å². The van der Waals surface area contributed by atoms with Gasteiger partial charge >= 0.3 is 6.03 Å². The summed E-state index contributed by atoms with van der Waals surface area (Å²) in [6.45, 7) is 4.03. The molecule has 4 heterocycles. The molecule has 0 aliphatic carbocycles. The first-order chi connectivity index (χ1) is 10.8. The van der Waals surface area contributed by atoms with Gasteiger partial charge in [0.25, 0.3) is 0 Å². The van der Waals surface area contributed by atoms with Crippen molar-refractivity contribution >= 4 is 11.8 Å². The van der Waals surface area contributed by atoms with Crippen molar-refractivity contribution in [2.75, 3.05) is 31.1 Å². The van der Waals surface area contributed by atoms with E-state index in [-0.39, 0.29) is 18.2 Å². The number of urea groups is 1. The van der Waals surface area contributed by atoms with Crippen molar-refractivity contribution in [2.45, 2.75) is 31.2 Å². The minimum Gasteiger partial charge on any atom is -0.354 e. The third-order valence-corrected chi connectivity index (χ3v) is 4.86. The lowest BCUT2D eigenvalue weighted by Gasteiger charge is -2.43. The van der Waals surface area contributed by atoms with Gasteiger partial charge in [-0.3, -0.25) is 10.2 Å². The van der Waals surface area contributed by atoms with Crippen LogP contribution >= 0.6 is 0 Å². The largest absolute Gasteiger partial charge is 0.354 e. The van der Waals surface area contributed by atoms with E-state index in [0.29, 0.717) is 6.17 Å². The van der Waals surface area contributed by atoms with Crippen molar-refractivity contribution in [3.8, 4) is 0 Å². The highest BCUT2D eigenvalue weighted by molar-refractivity contribution is 5.77. The van der Waals surface area contributed by atoms with Crippen molar-refractivity contribution in [3.05, 3.63) is 24.4 Å². The molecular formula is C15H22N6O. The van der Waals surface area contributed by atoms with Gasteiger partial charge in [-0.15, -0.1) is 0 Å². The molecular weight excluding hydrogens is 280 g/mol. The number of pyridine rings is 1. The van der Waals surface area contributed by atoms with Crippen LogP contribution in [0.2, 0.25) is 0 Å². The molecule has 3 atom stereocenters. The Bertz CT molecular complexity index is 530. The zero-order chi connectivity index (χ0) is 14.9. The van der Waals surface area contributed by atoms with E-state index >= 15 is 0 Å². The maximum atomic E-state index is 11.4. The number of hydrogen-bond acceptors (Lipinski definition) is 5. The fourth-order valence-corrected chi connectivity index (χ4v) is 3.65. The van der Waals surface area contributed by atoms with Gasteiger partial charge < -0.3 is 15.5 Å². The standard InChI is InChI=1S/C15H22N6O/c22-15-17-11-4-5-13(18-14(11)19-15)21-9-7-20(8-10-21)12-3-1-2-6-16-12/h1-3,6,11,13-14,18H,4-5,7-10H2,(H2,17,19,22). The Morgan fingerprint density at radius 3 is 2.73 bits per heavy atom. The van der Waals surface area contributed by atoms with Crippen molar-refractivity contribution in [1.82, 2.24) is 25.8 Å². The summed E-state index contributed by atoms with van der Waals surface area (Å²) < 4.78 is 0. The smallest absolute Gasteiger partial charge is 0.316 e. The van der Waals surface area contributed by atoms with Crippen LogP contribution in [0.25, 0.3) is 0 Å². The number of nitrogens with zero attached hydrogens (tertiary/aromatic N) is 3. The maximum absolute atomic E-state index is 11.4. The minimum atomic E-state index is -0.0527. The Morgan fingerprint density at radius 2 is 1.95 bits per heavy atom. The Hall–Kier alpha value is -1.86. The minimum absolute atomic E-state index is 0.0527. The van der Waals surface area contributed by atoms with Gasteiger partial charge in [-0.05, 0) is 25.0 Å². The van der Waals surface area contributed by atoms with Gasteiger partial charge in [-0.2, -0.15) is 0 Å². The molecule has 118 valence electrons. The van der Waals surface area contributed by atoms with E-state index < -0.39 is 0 Å². The van der Waals surface area contributed by atoms with Crippen LogP contribution in [-0.2, 0) is 0 Å². The SMILES string of the molecule is O=C1NC2CCC(N3CCN(c4ccccn4)CC3)NC2N1. The highest BCUT2D eigenvalue weighted by Gasteiger charge is 2.38. The lowest BCUT2D eigenvalue weighted by molar-refractivity contribution is 0.101. The Kier molecular flexibility index (Phi) is 3.59. The summed E-state index contributed by atoms with van der Waals surface area (Å²) in [6, 6.07) is 6.24. The third kappa shape index (κ3) is 2.62. The zero-order valence-corrected chi connectivity index (χ0v) is 12.5. The van der Waals surface area contributed by atoms with Crippen LogP contribution < -0.4 is 20.9 Å². The molecule has 3 aliphatic heterocycles. The van der Waals surface area contributed by atoms with Crippen molar-refractivity contribution in [2.24, 2.45) is 0 Å². The predicted octanol–water partition coefficient (Wildman–Crippen LogP) is -0.0794. The summed E-state index contributed by atoms with van der Waals surface area (Å²) in [6.07, 6.45) is 4.38. The van der Waals surface area contributed by atoms with Crippen LogP contribution in [0.15, 0.2) is 24.4 Å². The molecule has 3 N–H and O–H groups in total. The molecule has 7 heteroatoms. The third-order valence-electron chi connectivity index (χ3n) is 4.86. The molecule has 7 nitrogen and oxygen atoms in total. The van der Waals surface area contributed by atoms with E-state index in [2.05, 4.69) is 36.8 Å². The monoisotopic (exact) mass is 302 g/mol. The van der Waals surface area contributed by atoms with Gasteiger partial charge in [0.05, 0.1) is 12.2 Å². The van der Waals surface area contributed by atoms with Crippen LogP contribution in [0.4, 0.5) is 10.6 Å². The molecule has 4 rings (SSSR count). The van der Waals surface area contributed by atoms with Gasteiger partial charge in [-0.1, -0.05) is 6.07 Å². The second-order valence-electron chi connectivity index (χ2n) is 6.17. The first-order valence-electron chi connectivity index (χ1n) is 8.03. The maximum Gasteiger partial charge on any atom is 0.316 e. The van der Waals surface area contributed by atoms with Gasteiger partial charge in [0.1, 0.15) is 12.0 Å². The molecule has 0 radical (unpaired) electrons. The van der Waals surface area contributed by atoms with E-state index in [1.165, 1.54) is 0 Å². The summed E-state index contributed by atoms with van der Waals surface area (Å²) in [7, 11) is 0.